The highest BCUT2D eigenvalue weighted by atomic mass is 15.2. The molecule has 0 unspecified atom stereocenters. The van der Waals surface area contributed by atoms with Gasteiger partial charge in [-0.1, -0.05) is 265 Å². The molecule has 0 amide bonds. The average molecular weight is 1750 g/mol. The third-order valence-electron chi connectivity index (χ3n) is 25.3. The highest BCUT2D eigenvalue weighted by Crippen LogP contribution is 2.55. The van der Waals surface area contributed by atoms with E-state index in [0.717, 1.165) is 198 Å². The van der Waals surface area contributed by atoms with Crippen molar-refractivity contribution in [3.63, 3.8) is 0 Å². The van der Waals surface area contributed by atoms with E-state index in [-0.39, 0.29) is 0 Å². The van der Waals surface area contributed by atoms with Gasteiger partial charge in [0.15, 0.2) is 0 Å². The van der Waals surface area contributed by atoms with E-state index >= 15 is 0 Å². The van der Waals surface area contributed by atoms with Crippen molar-refractivity contribution in [2.75, 3.05) is 44.1 Å². The summed E-state index contributed by atoms with van der Waals surface area (Å²) < 4.78 is 0. The summed E-state index contributed by atoms with van der Waals surface area (Å²) in [7, 11) is 0. The fourth-order valence-corrected chi connectivity index (χ4v) is 20.2. The summed E-state index contributed by atoms with van der Waals surface area (Å²) in [5.74, 6) is 0. The van der Waals surface area contributed by atoms with Gasteiger partial charge in [-0.2, -0.15) is 0 Å². The molecule has 0 fully saturated rings. The molecule has 0 atom stereocenters. The fraction of sp³-hybridized carbons (Fsp3) is 0.0952. The molecule has 9 heteroatoms. The Hall–Kier alpha value is -16.6. The Balaban J connectivity index is 0.882. The van der Waals surface area contributed by atoms with Gasteiger partial charge in [0.05, 0.1) is 73.9 Å². The van der Waals surface area contributed by atoms with Crippen molar-refractivity contribution in [2.45, 2.75) is 83.1 Å². The lowest BCUT2D eigenvalue weighted by atomic mass is 10.00. The van der Waals surface area contributed by atoms with Crippen molar-refractivity contribution in [2.24, 2.45) is 0 Å². The molecule has 0 heterocycles. The number of para-hydroxylation sites is 10. The minimum absolute atomic E-state index is 0.941. The second-order valence-corrected chi connectivity index (χ2v) is 35.5. The molecule has 0 bridgehead atoms. The zero-order valence-electron chi connectivity index (χ0n) is 78.8. The topological polar surface area (TPSA) is 29.2 Å². The lowest BCUT2D eigenvalue weighted by Gasteiger charge is -2.36. The summed E-state index contributed by atoms with van der Waals surface area (Å²) in [6.07, 6.45) is 0. The first-order chi connectivity index (χ1) is 65.9. The van der Waals surface area contributed by atoms with Gasteiger partial charge >= 0.3 is 0 Å². The van der Waals surface area contributed by atoms with Crippen LogP contribution in [0.1, 0.15) is 66.8 Å². The van der Waals surface area contributed by atoms with Gasteiger partial charge in [-0.3, -0.25) is 0 Å². The molecule has 0 aliphatic heterocycles. The molecule has 9 nitrogen and oxygen atoms in total. The normalized spacial score (nSPS) is 11.1. The highest BCUT2D eigenvalue weighted by molar-refractivity contribution is 5.98. The van der Waals surface area contributed by atoms with Crippen LogP contribution in [0, 0.1) is 83.1 Å². The van der Waals surface area contributed by atoms with Crippen LogP contribution in [0.25, 0.3) is 0 Å². The molecule has 0 aliphatic carbocycles. The molecule has 660 valence electrons. The van der Waals surface area contributed by atoms with Crippen LogP contribution in [0.5, 0.6) is 0 Å². The van der Waals surface area contributed by atoms with Gasteiger partial charge in [-0.25, -0.2) is 0 Å². The Kier molecular flexibility index (Phi) is 25.2. The first kappa shape index (κ1) is 87.7. The van der Waals surface area contributed by atoms with Gasteiger partial charge in [0.1, 0.15) is 0 Å². The summed E-state index contributed by atoms with van der Waals surface area (Å²) in [4.78, 5) is 22.1. The average Bonchev–Trinajstić information content (AvgIpc) is 0.746. The number of anilines is 27. The molecular weight excluding hydrogens is 1640 g/mol. The van der Waals surface area contributed by atoms with Gasteiger partial charge in [-0.05, 0) is 340 Å². The number of benzene rings is 19. The molecule has 135 heavy (non-hydrogen) atoms. The zero-order valence-corrected chi connectivity index (χ0v) is 78.8. The quantitative estimate of drug-likeness (QED) is 0.0499. The maximum absolute atomic E-state index is 2.55. The molecule has 19 aromatic rings. The largest absolute Gasteiger partial charge is 0.310 e. The van der Waals surface area contributed by atoms with E-state index in [0.29, 0.717) is 0 Å². The van der Waals surface area contributed by atoms with Crippen LogP contribution in [-0.2, 0) is 0 Å². The number of rotatable bonds is 27. The van der Waals surface area contributed by atoms with Crippen LogP contribution in [0.3, 0.4) is 0 Å². The molecule has 0 saturated heterocycles. The number of hydrogen-bond donors (Lipinski definition) is 0. The van der Waals surface area contributed by atoms with Crippen molar-refractivity contribution in [1.82, 2.24) is 0 Å². The molecule has 19 rings (SSSR count). The van der Waals surface area contributed by atoms with Crippen molar-refractivity contribution < 1.29 is 0 Å². The van der Waals surface area contributed by atoms with E-state index in [4.69, 9.17) is 0 Å². The molecule has 0 radical (unpaired) electrons. The summed E-state index contributed by atoms with van der Waals surface area (Å²) in [5, 5.41) is 0. The van der Waals surface area contributed by atoms with Gasteiger partial charge in [0.2, 0.25) is 0 Å². The Bertz CT molecular complexity index is 6500. The third kappa shape index (κ3) is 18.4. The third-order valence-corrected chi connectivity index (χ3v) is 25.3. The summed E-state index contributed by atoms with van der Waals surface area (Å²) in [6, 6.07) is 167. The lowest BCUT2D eigenvalue weighted by Crippen LogP contribution is -2.20. The minimum atomic E-state index is 0.941. The van der Waals surface area contributed by atoms with Crippen LogP contribution in [-0.4, -0.2) is 0 Å². The van der Waals surface area contributed by atoms with Crippen LogP contribution >= 0.6 is 0 Å². The SMILES string of the molecule is Cc1cc(C)c(N(c2cc(N(c3ccccc3)c3ccccc3)cc(N(c3ccccc3)c3ccccc3)c2)c2cccc(N(c3cc(N(c4ccccc4)c4ccccc4)cc(N(c4cccc(N(c5cc(N(c6ccccc6)c6ccccc6)cc(N(c6ccccc6)c6ccccc6)c5)c5c(C)cc(C)cc5C)c4)c4c(C)cc(C)cc4C)c3)c3c(C)cc(C)cc3C)c2)c(C)c1. The monoisotopic (exact) mass is 1750 g/mol. The Morgan fingerprint density at radius 2 is 0.200 bits per heavy atom. The second-order valence-electron chi connectivity index (χ2n) is 35.5. The molecular formula is C126H111N9. The maximum atomic E-state index is 2.55. The van der Waals surface area contributed by atoms with Crippen LogP contribution < -0.4 is 44.1 Å². The van der Waals surface area contributed by atoms with E-state index in [2.05, 4.69) is 582 Å². The first-order valence-corrected chi connectivity index (χ1v) is 46.6. The Morgan fingerprint density at radius 3 is 0.326 bits per heavy atom. The number of nitrogens with zero attached hydrogens (tertiary/aromatic N) is 9. The summed E-state index contributed by atoms with van der Waals surface area (Å²) in [6.45, 7) is 27.1. The van der Waals surface area contributed by atoms with Crippen molar-refractivity contribution >= 4 is 154 Å². The highest BCUT2D eigenvalue weighted by Gasteiger charge is 2.32. The lowest BCUT2D eigenvalue weighted by molar-refractivity contribution is 1.16. The number of hydrogen-bond acceptors (Lipinski definition) is 9. The van der Waals surface area contributed by atoms with E-state index in [1.165, 1.54) is 22.3 Å². The van der Waals surface area contributed by atoms with E-state index in [9.17, 15) is 0 Å². The van der Waals surface area contributed by atoms with Crippen molar-refractivity contribution in [3.8, 4) is 0 Å². The predicted molar refractivity (Wildman–Crippen MR) is 575 cm³/mol. The fourth-order valence-electron chi connectivity index (χ4n) is 20.2. The van der Waals surface area contributed by atoms with Crippen molar-refractivity contribution in [3.05, 3.63) is 522 Å². The Morgan fingerprint density at radius 1 is 0.0963 bits per heavy atom. The maximum Gasteiger partial charge on any atom is 0.0520 e. The first-order valence-electron chi connectivity index (χ1n) is 46.6. The van der Waals surface area contributed by atoms with Gasteiger partial charge in [-0.15, -0.1) is 0 Å². The molecule has 19 aromatic carbocycles. The second kappa shape index (κ2) is 38.8. The Labute approximate surface area is 797 Å². The van der Waals surface area contributed by atoms with E-state index < -0.39 is 0 Å². The van der Waals surface area contributed by atoms with Crippen molar-refractivity contribution in [1.29, 1.82) is 0 Å². The van der Waals surface area contributed by atoms with Crippen LogP contribution in [0.4, 0.5) is 154 Å². The van der Waals surface area contributed by atoms with Gasteiger partial charge in [0.25, 0.3) is 0 Å². The smallest absolute Gasteiger partial charge is 0.0520 e. The standard InChI is InChI=1S/C126H111N9/c1-88-69-92(5)123(93(6)70-88)132(119-81-114(127(100-45-23-13-24-46-100)101-47-25-14-26-48-101)79-115(82-119)128(102-49-27-15-28-50-102)103-51-29-16-30-52-103)110-65-43-67-112(77-110)134(125-96(9)73-90(3)74-97(125)10)121-85-118(131(108-61-39-21-40-62-108)109-63-41-22-42-64-109)86-122(87-121)135(126-98(11)75-91(4)76-99(126)12)113-68-44-66-111(78-113)133(124-94(7)71-89(2)72-95(124)8)120-83-116(129(104-53-31-17-32-54-104)105-55-33-18-34-56-105)80-117(84-120)130(106-57-35-19-36-58-106)107-59-37-20-38-60-107/h13-87H,1-12H3. The van der Waals surface area contributed by atoms with Crippen LogP contribution in [0.15, 0.2) is 455 Å². The molecule has 0 aliphatic rings. The zero-order chi connectivity index (χ0) is 92.7. The molecule has 0 spiro atoms. The molecule has 0 saturated carbocycles. The van der Waals surface area contributed by atoms with Crippen LogP contribution in [0.2, 0.25) is 0 Å². The van der Waals surface area contributed by atoms with E-state index in [1.54, 1.807) is 0 Å². The summed E-state index contributed by atoms with van der Waals surface area (Å²) >= 11 is 0. The predicted octanol–water partition coefficient (Wildman–Crippen LogP) is 36.6. The summed E-state index contributed by atoms with van der Waals surface area (Å²) in [5.41, 5.74) is 40.9. The molecule has 0 N–H and O–H groups in total. The number of aryl methyl sites for hydroxylation is 12. The van der Waals surface area contributed by atoms with Gasteiger partial charge in [0, 0.05) is 79.6 Å². The van der Waals surface area contributed by atoms with E-state index in [1.807, 2.05) is 0 Å². The van der Waals surface area contributed by atoms with Gasteiger partial charge < -0.3 is 44.1 Å². The molecule has 0 aromatic heterocycles. The minimum Gasteiger partial charge on any atom is -0.310 e.